The van der Waals surface area contributed by atoms with Crippen molar-refractivity contribution in [2.45, 2.75) is 33.1 Å². The van der Waals surface area contributed by atoms with Gasteiger partial charge in [0.15, 0.2) is 5.82 Å². The van der Waals surface area contributed by atoms with E-state index in [9.17, 15) is 9.59 Å². The van der Waals surface area contributed by atoms with Crippen molar-refractivity contribution in [3.63, 3.8) is 0 Å². The number of rotatable bonds is 1. The quantitative estimate of drug-likeness (QED) is 0.712. The summed E-state index contributed by atoms with van der Waals surface area (Å²) in [4.78, 5) is 25.8. The van der Waals surface area contributed by atoms with E-state index in [4.69, 9.17) is 4.52 Å². The Hall–Kier alpha value is -1.65. The van der Waals surface area contributed by atoms with E-state index in [1.165, 1.54) is 4.90 Å². The van der Waals surface area contributed by atoms with Crippen molar-refractivity contribution in [3.05, 3.63) is 11.8 Å². The molecule has 5 heteroatoms. The first-order valence-corrected chi connectivity index (χ1v) is 6.39. The Labute approximate surface area is 105 Å². The maximum absolute atomic E-state index is 12.3. The lowest BCUT2D eigenvalue weighted by Gasteiger charge is -2.25. The summed E-state index contributed by atoms with van der Waals surface area (Å²) in [6.07, 6.45) is 2.64. The highest BCUT2D eigenvalue weighted by Gasteiger charge is 2.50. The molecular formula is C13H16N2O3. The number of nitrogens with zero attached hydrogens (tertiary/aromatic N) is 2. The Kier molecular flexibility index (Phi) is 2.50. The van der Waals surface area contributed by atoms with Crippen molar-refractivity contribution in [1.82, 2.24) is 5.16 Å². The van der Waals surface area contributed by atoms with Crippen LogP contribution in [0.3, 0.4) is 0 Å². The number of imide groups is 1. The molecule has 0 aromatic carbocycles. The lowest BCUT2D eigenvalue weighted by molar-refractivity contribution is -0.122. The van der Waals surface area contributed by atoms with Gasteiger partial charge in [0.2, 0.25) is 11.8 Å². The predicted octanol–water partition coefficient (Wildman–Crippen LogP) is 1.91. The average molecular weight is 248 g/mol. The number of hydrogen-bond donors (Lipinski definition) is 0. The largest absolute Gasteiger partial charge is 0.360 e. The summed E-state index contributed by atoms with van der Waals surface area (Å²) in [6, 6.07) is 1.64. The first kappa shape index (κ1) is 11.4. The summed E-state index contributed by atoms with van der Waals surface area (Å²) in [7, 11) is 0. The van der Waals surface area contributed by atoms with Gasteiger partial charge in [-0.1, -0.05) is 12.1 Å². The minimum atomic E-state index is -0.154. The van der Waals surface area contributed by atoms with Crippen LogP contribution >= 0.6 is 0 Å². The number of carbonyl (C=O) groups is 2. The van der Waals surface area contributed by atoms with Crippen LogP contribution in [0, 0.1) is 24.7 Å². The molecule has 2 fully saturated rings. The molecule has 5 nitrogen and oxygen atoms in total. The van der Waals surface area contributed by atoms with Crippen molar-refractivity contribution in [2.75, 3.05) is 4.90 Å². The first-order chi connectivity index (χ1) is 8.58. The molecule has 0 N–H and O–H groups in total. The van der Waals surface area contributed by atoms with Crippen LogP contribution < -0.4 is 4.90 Å². The highest BCUT2D eigenvalue weighted by atomic mass is 16.5. The topological polar surface area (TPSA) is 63.4 Å². The van der Waals surface area contributed by atoms with Gasteiger partial charge in [0.05, 0.1) is 11.8 Å². The van der Waals surface area contributed by atoms with Gasteiger partial charge in [-0.25, -0.2) is 4.90 Å². The molecule has 1 saturated heterocycles. The Balaban J connectivity index is 1.93. The van der Waals surface area contributed by atoms with E-state index in [1.807, 2.05) is 0 Å². The number of fused-ring (bicyclic) bond motifs is 1. The third-order valence-corrected chi connectivity index (χ3v) is 4.03. The molecule has 2 aliphatic rings. The molecule has 1 aromatic rings. The van der Waals surface area contributed by atoms with Crippen LogP contribution in [-0.4, -0.2) is 17.0 Å². The number of anilines is 1. The lowest BCUT2D eigenvalue weighted by Crippen LogP contribution is -2.31. The second-order valence-electron chi connectivity index (χ2n) is 5.44. The van der Waals surface area contributed by atoms with E-state index < -0.39 is 0 Å². The summed E-state index contributed by atoms with van der Waals surface area (Å²) in [6.45, 7) is 3.88. The van der Waals surface area contributed by atoms with Crippen LogP contribution in [0.1, 0.15) is 31.9 Å². The summed E-state index contributed by atoms with van der Waals surface area (Å²) in [5.74, 6) is 0.944. The molecule has 1 aliphatic heterocycles. The van der Waals surface area contributed by atoms with Crippen molar-refractivity contribution in [2.24, 2.45) is 17.8 Å². The number of amides is 2. The van der Waals surface area contributed by atoms with Crippen molar-refractivity contribution < 1.29 is 14.1 Å². The highest BCUT2D eigenvalue weighted by Crippen LogP contribution is 2.41. The van der Waals surface area contributed by atoms with Gasteiger partial charge in [-0.15, -0.1) is 0 Å². The predicted molar refractivity (Wildman–Crippen MR) is 63.7 cm³/mol. The first-order valence-electron chi connectivity index (χ1n) is 6.39. The van der Waals surface area contributed by atoms with Crippen molar-refractivity contribution in [1.29, 1.82) is 0 Å². The summed E-state index contributed by atoms with van der Waals surface area (Å²) >= 11 is 0. The zero-order valence-electron chi connectivity index (χ0n) is 10.5. The van der Waals surface area contributed by atoms with Crippen LogP contribution in [-0.2, 0) is 9.59 Å². The molecule has 18 heavy (non-hydrogen) atoms. The molecule has 0 spiro atoms. The molecule has 1 aromatic heterocycles. The molecule has 1 aliphatic carbocycles. The molecule has 3 atom stereocenters. The van der Waals surface area contributed by atoms with Gasteiger partial charge in [-0.3, -0.25) is 9.59 Å². The van der Waals surface area contributed by atoms with E-state index in [-0.39, 0.29) is 23.7 Å². The van der Waals surface area contributed by atoms with Gasteiger partial charge in [-0.05, 0) is 32.1 Å². The Morgan fingerprint density at radius 3 is 2.67 bits per heavy atom. The normalized spacial score (nSPS) is 31.9. The zero-order valence-corrected chi connectivity index (χ0v) is 10.5. The molecule has 96 valence electrons. The molecule has 0 bridgehead atoms. The molecule has 0 unspecified atom stereocenters. The number of carbonyl (C=O) groups excluding carboxylic acids is 2. The van der Waals surface area contributed by atoms with Crippen LogP contribution in [0.4, 0.5) is 5.82 Å². The number of aromatic nitrogens is 1. The molecule has 3 rings (SSSR count). The fourth-order valence-corrected chi connectivity index (χ4v) is 3.07. The van der Waals surface area contributed by atoms with Crippen LogP contribution in [0.2, 0.25) is 0 Å². The van der Waals surface area contributed by atoms with Crippen LogP contribution in [0.25, 0.3) is 0 Å². The van der Waals surface area contributed by atoms with Gasteiger partial charge >= 0.3 is 0 Å². The minimum absolute atomic E-state index is 0.106. The lowest BCUT2D eigenvalue weighted by atomic mass is 9.76. The average Bonchev–Trinajstić information content (AvgIpc) is 2.84. The van der Waals surface area contributed by atoms with E-state index in [0.29, 0.717) is 17.5 Å². The Morgan fingerprint density at radius 2 is 2.00 bits per heavy atom. The molecule has 2 heterocycles. The van der Waals surface area contributed by atoms with Gasteiger partial charge in [0, 0.05) is 6.07 Å². The summed E-state index contributed by atoms with van der Waals surface area (Å²) in [5, 5.41) is 3.78. The van der Waals surface area contributed by atoms with Gasteiger partial charge < -0.3 is 4.52 Å². The summed E-state index contributed by atoms with van der Waals surface area (Å²) in [5.41, 5.74) is 0. The molecular weight excluding hydrogens is 232 g/mol. The van der Waals surface area contributed by atoms with Gasteiger partial charge in [-0.2, -0.15) is 0 Å². The second-order valence-corrected chi connectivity index (χ2v) is 5.44. The van der Waals surface area contributed by atoms with E-state index in [0.717, 1.165) is 19.3 Å². The van der Waals surface area contributed by atoms with Crippen LogP contribution in [0.15, 0.2) is 10.6 Å². The number of aryl methyl sites for hydroxylation is 1. The minimum Gasteiger partial charge on any atom is -0.360 e. The van der Waals surface area contributed by atoms with E-state index in [1.54, 1.807) is 13.0 Å². The third-order valence-electron chi connectivity index (χ3n) is 4.03. The van der Waals surface area contributed by atoms with E-state index >= 15 is 0 Å². The molecule has 2 amide bonds. The zero-order chi connectivity index (χ0) is 12.9. The van der Waals surface area contributed by atoms with Crippen molar-refractivity contribution >= 4 is 17.6 Å². The fourth-order valence-electron chi connectivity index (χ4n) is 3.07. The maximum atomic E-state index is 12.3. The van der Waals surface area contributed by atoms with E-state index in [2.05, 4.69) is 12.1 Å². The Morgan fingerprint density at radius 1 is 1.28 bits per heavy atom. The standard InChI is InChI=1S/C13H16N2O3/c1-7-3-4-9-10(5-7)13(17)15(12(9)16)11-6-8(2)18-14-11/h6-7,9-10H,3-5H2,1-2H3/t7-,9+,10-/m0/s1. The highest BCUT2D eigenvalue weighted by molar-refractivity contribution is 6.21. The monoisotopic (exact) mass is 248 g/mol. The van der Waals surface area contributed by atoms with Gasteiger partial charge in [0.25, 0.3) is 0 Å². The van der Waals surface area contributed by atoms with Crippen LogP contribution in [0.5, 0.6) is 0 Å². The third kappa shape index (κ3) is 1.57. The summed E-state index contributed by atoms with van der Waals surface area (Å²) < 4.78 is 4.95. The maximum Gasteiger partial charge on any atom is 0.239 e. The van der Waals surface area contributed by atoms with Crippen molar-refractivity contribution in [3.8, 4) is 0 Å². The van der Waals surface area contributed by atoms with Gasteiger partial charge in [0.1, 0.15) is 5.76 Å². The SMILES string of the molecule is Cc1cc(N2C(=O)[C@H]3C[C@@H](C)CC[C@H]3C2=O)no1. The molecule has 1 saturated carbocycles. The Bertz CT molecular complexity index is 508. The fraction of sp³-hybridized carbons (Fsp3) is 0.615. The smallest absolute Gasteiger partial charge is 0.239 e. The second kappa shape index (κ2) is 3.93. The number of hydrogen-bond acceptors (Lipinski definition) is 4. The molecule has 0 radical (unpaired) electrons.